The van der Waals surface area contributed by atoms with Gasteiger partial charge in [0.2, 0.25) is 0 Å². The Morgan fingerprint density at radius 1 is 1.04 bits per heavy atom. The van der Waals surface area contributed by atoms with Gasteiger partial charge in [0, 0.05) is 23.1 Å². The molecular formula is C20H21NOS. The molecule has 0 atom stereocenters. The highest BCUT2D eigenvalue weighted by Crippen LogP contribution is 2.19. The molecule has 0 aliphatic carbocycles. The fourth-order valence-electron chi connectivity index (χ4n) is 2.81. The molecule has 1 aromatic heterocycles. The first-order chi connectivity index (χ1) is 11.2. The number of ketones is 1. The van der Waals surface area contributed by atoms with E-state index < -0.39 is 0 Å². The van der Waals surface area contributed by atoms with Crippen molar-refractivity contribution in [2.24, 2.45) is 0 Å². The summed E-state index contributed by atoms with van der Waals surface area (Å²) in [5.74, 6) is 0.254. The second-order valence-corrected chi connectivity index (χ2v) is 6.86. The first-order valence-corrected chi connectivity index (χ1v) is 8.93. The van der Waals surface area contributed by atoms with E-state index >= 15 is 0 Å². The van der Waals surface area contributed by atoms with E-state index in [1.807, 2.05) is 36.5 Å². The summed E-state index contributed by atoms with van der Waals surface area (Å²) in [5, 5.41) is 2.32. The summed E-state index contributed by atoms with van der Waals surface area (Å²) < 4.78 is 4.20. The molecular weight excluding hydrogens is 302 g/mol. The van der Waals surface area contributed by atoms with Gasteiger partial charge in [-0.05, 0) is 60.1 Å². The Labute approximate surface area is 141 Å². The van der Waals surface area contributed by atoms with E-state index in [4.69, 9.17) is 0 Å². The quantitative estimate of drug-likeness (QED) is 0.419. The maximum atomic E-state index is 12.3. The van der Waals surface area contributed by atoms with Crippen LogP contribution < -0.4 is 0 Å². The minimum Gasteiger partial charge on any atom is -0.294 e. The molecule has 3 rings (SSSR count). The van der Waals surface area contributed by atoms with E-state index in [2.05, 4.69) is 23.4 Å². The first-order valence-electron chi connectivity index (χ1n) is 8.16. The van der Waals surface area contributed by atoms with Gasteiger partial charge in [0.1, 0.15) is 0 Å². The summed E-state index contributed by atoms with van der Waals surface area (Å²) >= 11 is 1.59. The fraction of sp³-hybridized carbons (Fsp3) is 0.300. The third-order valence-corrected chi connectivity index (χ3v) is 5.19. The predicted molar refractivity (Wildman–Crippen MR) is 97.3 cm³/mol. The maximum absolute atomic E-state index is 12.3. The van der Waals surface area contributed by atoms with Crippen LogP contribution in [-0.2, 0) is 6.42 Å². The Balaban J connectivity index is 1.47. The second-order valence-electron chi connectivity index (χ2n) is 5.98. The minimum atomic E-state index is 0.254. The molecule has 2 aromatic carbocycles. The number of carbonyl (C=O) groups is 1. The van der Waals surface area contributed by atoms with Crippen LogP contribution in [0, 0.1) is 6.92 Å². The van der Waals surface area contributed by atoms with Crippen molar-refractivity contribution in [1.82, 2.24) is 4.37 Å². The predicted octanol–water partition coefficient (Wildman–Crippen LogP) is 5.59. The molecule has 0 aliphatic rings. The Morgan fingerprint density at radius 3 is 2.65 bits per heavy atom. The van der Waals surface area contributed by atoms with E-state index in [1.165, 1.54) is 15.8 Å². The van der Waals surface area contributed by atoms with Crippen molar-refractivity contribution in [3.05, 3.63) is 64.7 Å². The highest BCUT2D eigenvalue weighted by Gasteiger charge is 2.07. The van der Waals surface area contributed by atoms with Gasteiger partial charge in [-0.15, -0.1) is 0 Å². The largest absolute Gasteiger partial charge is 0.294 e. The molecule has 0 saturated heterocycles. The van der Waals surface area contributed by atoms with Crippen LogP contribution in [0.2, 0.25) is 0 Å². The number of nitrogens with zero attached hydrogens (tertiary/aromatic N) is 1. The van der Waals surface area contributed by atoms with Crippen molar-refractivity contribution in [3.8, 4) is 0 Å². The summed E-state index contributed by atoms with van der Waals surface area (Å²) in [6.07, 6.45) is 6.85. The van der Waals surface area contributed by atoms with Crippen LogP contribution >= 0.6 is 11.5 Å². The summed E-state index contributed by atoms with van der Waals surface area (Å²) in [7, 11) is 0. The van der Waals surface area contributed by atoms with Crippen LogP contribution in [0.15, 0.2) is 48.7 Å². The number of fused-ring (bicyclic) bond motifs is 1. The van der Waals surface area contributed by atoms with Crippen LogP contribution in [0.1, 0.15) is 46.5 Å². The number of hydrogen-bond acceptors (Lipinski definition) is 3. The number of aryl methyl sites for hydroxylation is 2. The number of carbonyl (C=O) groups excluding carboxylic acids is 1. The van der Waals surface area contributed by atoms with Gasteiger partial charge in [0.25, 0.3) is 0 Å². The highest BCUT2D eigenvalue weighted by molar-refractivity contribution is 7.05. The maximum Gasteiger partial charge on any atom is 0.162 e. The number of benzene rings is 2. The lowest BCUT2D eigenvalue weighted by atomic mass is 10.0. The lowest BCUT2D eigenvalue weighted by Gasteiger charge is -2.04. The Kier molecular flexibility index (Phi) is 5.19. The number of Topliss-reactive ketones (excluding diaryl/α,β-unsaturated/α-hetero) is 1. The van der Waals surface area contributed by atoms with Gasteiger partial charge in [-0.25, -0.2) is 4.37 Å². The Bertz CT molecular complexity index is 806. The summed E-state index contributed by atoms with van der Waals surface area (Å²) in [5.41, 5.74) is 2.13. The molecule has 3 aromatic rings. The smallest absolute Gasteiger partial charge is 0.162 e. The van der Waals surface area contributed by atoms with Gasteiger partial charge in [0.15, 0.2) is 5.78 Å². The number of aromatic nitrogens is 1. The Morgan fingerprint density at radius 2 is 1.87 bits per heavy atom. The van der Waals surface area contributed by atoms with Gasteiger partial charge in [0.05, 0.1) is 0 Å². The number of unbranched alkanes of at least 4 members (excludes halogenated alkanes) is 2. The molecule has 0 aliphatic heterocycles. The van der Waals surface area contributed by atoms with Crippen molar-refractivity contribution in [2.75, 3.05) is 0 Å². The zero-order valence-corrected chi connectivity index (χ0v) is 14.2. The third-order valence-electron chi connectivity index (χ3n) is 4.23. The van der Waals surface area contributed by atoms with Crippen LogP contribution in [0.4, 0.5) is 0 Å². The molecule has 1 heterocycles. The second kappa shape index (κ2) is 7.51. The molecule has 0 N–H and O–H groups in total. The van der Waals surface area contributed by atoms with Crippen molar-refractivity contribution < 1.29 is 4.79 Å². The van der Waals surface area contributed by atoms with Crippen LogP contribution in [0.25, 0.3) is 10.8 Å². The molecule has 0 saturated carbocycles. The molecule has 0 unspecified atom stereocenters. The molecule has 3 heteroatoms. The standard InChI is InChI=1S/C20H21NOS/c1-15-14-21-23-20(15)10-4-2-3-9-19(22)18-12-11-16-7-5-6-8-17(16)13-18/h5-8,11-14H,2-4,9-10H2,1H3. The Hall–Kier alpha value is -2.00. The lowest BCUT2D eigenvalue weighted by Crippen LogP contribution is -1.99. The van der Waals surface area contributed by atoms with Crippen molar-refractivity contribution >= 4 is 28.1 Å². The van der Waals surface area contributed by atoms with E-state index in [1.54, 1.807) is 11.5 Å². The molecule has 118 valence electrons. The normalized spacial score (nSPS) is 11.0. The number of rotatable bonds is 7. The molecule has 0 spiro atoms. The SMILES string of the molecule is Cc1cnsc1CCCCCC(=O)c1ccc2ccccc2c1. The number of hydrogen-bond donors (Lipinski definition) is 0. The molecule has 0 fully saturated rings. The molecule has 0 amide bonds. The van der Waals surface area contributed by atoms with Crippen molar-refractivity contribution in [2.45, 2.75) is 39.0 Å². The zero-order chi connectivity index (χ0) is 16.1. The molecule has 0 bridgehead atoms. The minimum absolute atomic E-state index is 0.254. The average molecular weight is 323 g/mol. The van der Waals surface area contributed by atoms with Crippen LogP contribution in [0.5, 0.6) is 0 Å². The van der Waals surface area contributed by atoms with E-state index in [0.717, 1.165) is 36.6 Å². The van der Waals surface area contributed by atoms with Crippen molar-refractivity contribution in [3.63, 3.8) is 0 Å². The summed E-state index contributed by atoms with van der Waals surface area (Å²) in [4.78, 5) is 13.7. The van der Waals surface area contributed by atoms with Crippen LogP contribution in [-0.4, -0.2) is 10.2 Å². The van der Waals surface area contributed by atoms with Gasteiger partial charge < -0.3 is 0 Å². The van der Waals surface area contributed by atoms with E-state index in [-0.39, 0.29) is 5.78 Å². The van der Waals surface area contributed by atoms with Gasteiger partial charge >= 0.3 is 0 Å². The lowest BCUT2D eigenvalue weighted by molar-refractivity contribution is 0.0979. The zero-order valence-electron chi connectivity index (χ0n) is 13.4. The van der Waals surface area contributed by atoms with Crippen LogP contribution in [0.3, 0.4) is 0 Å². The molecule has 0 radical (unpaired) electrons. The third kappa shape index (κ3) is 4.05. The molecule has 2 nitrogen and oxygen atoms in total. The van der Waals surface area contributed by atoms with Gasteiger partial charge in [-0.3, -0.25) is 4.79 Å². The van der Waals surface area contributed by atoms with Gasteiger partial charge in [-0.1, -0.05) is 42.8 Å². The molecule has 23 heavy (non-hydrogen) atoms. The summed E-state index contributed by atoms with van der Waals surface area (Å²) in [6, 6.07) is 14.2. The highest BCUT2D eigenvalue weighted by atomic mass is 32.1. The van der Waals surface area contributed by atoms with E-state index in [9.17, 15) is 4.79 Å². The first kappa shape index (κ1) is 15.9. The van der Waals surface area contributed by atoms with E-state index in [0.29, 0.717) is 6.42 Å². The summed E-state index contributed by atoms with van der Waals surface area (Å²) in [6.45, 7) is 2.11. The van der Waals surface area contributed by atoms with Gasteiger partial charge in [-0.2, -0.15) is 0 Å². The fourth-order valence-corrected chi connectivity index (χ4v) is 3.58. The van der Waals surface area contributed by atoms with Crippen molar-refractivity contribution in [1.29, 1.82) is 0 Å². The monoisotopic (exact) mass is 323 g/mol. The topological polar surface area (TPSA) is 30.0 Å². The average Bonchev–Trinajstić information content (AvgIpc) is 2.99.